The van der Waals surface area contributed by atoms with Crippen LogP contribution < -0.4 is 0 Å². The Kier molecular flexibility index (Phi) is 4.87. The van der Waals surface area contributed by atoms with Crippen LogP contribution in [0.15, 0.2) is 0 Å². The molecule has 68 valence electrons. The van der Waals surface area contributed by atoms with Gasteiger partial charge in [0.1, 0.15) is 20.5 Å². The Morgan fingerprint density at radius 2 is 2.08 bits per heavy atom. The SMILES string of the molecule is COC(C=O)CC#C[Si](C)(C)C. The van der Waals surface area contributed by atoms with Gasteiger partial charge < -0.3 is 9.53 Å². The molecule has 0 aliphatic carbocycles. The van der Waals surface area contributed by atoms with E-state index in [2.05, 4.69) is 31.1 Å². The van der Waals surface area contributed by atoms with Crippen LogP contribution in [-0.2, 0) is 9.53 Å². The van der Waals surface area contributed by atoms with E-state index in [1.54, 1.807) is 0 Å². The van der Waals surface area contributed by atoms with Crippen molar-refractivity contribution in [1.82, 2.24) is 0 Å². The third-order valence-corrected chi connectivity index (χ3v) is 2.15. The molecule has 0 spiro atoms. The lowest BCUT2D eigenvalue weighted by molar-refractivity contribution is -0.116. The molecule has 0 saturated carbocycles. The van der Waals surface area contributed by atoms with Gasteiger partial charge in [0.25, 0.3) is 0 Å². The second-order valence-corrected chi connectivity index (χ2v) is 8.42. The van der Waals surface area contributed by atoms with E-state index in [1.807, 2.05) is 0 Å². The lowest BCUT2D eigenvalue weighted by Gasteiger charge is -2.05. The quantitative estimate of drug-likeness (QED) is 0.377. The Bertz CT molecular complexity index is 195. The monoisotopic (exact) mass is 184 g/mol. The lowest BCUT2D eigenvalue weighted by Crippen LogP contribution is -2.17. The van der Waals surface area contributed by atoms with Crippen LogP contribution in [0.25, 0.3) is 0 Å². The fourth-order valence-corrected chi connectivity index (χ4v) is 1.24. The van der Waals surface area contributed by atoms with Crippen LogP contribution in [0.4, 0.5) is 0 Å². The van der Waals surface area contributed by atoms with Gasteiger partial charge in [-0.1, -0.05) is 19.6 Å². The van der Waals surface area contributed by atoms with Gasteiger partial charge in [0, 0.05) is 13.5 Å². The summed E-state index contributed by atoms with van der Waals surface area (Å²) < 4.78 is 4.86. The lowest BCUT2D eigenvalue weighted by atomic mass is 10.3. The zero-order chi connectivity index (χ0) is 9.61. The molecule has 0 aliphatic heterocycles. The molecular formula is C9H16O2Si. The van der Waals surface area contributed by atoms with Crippen molar-refractivity contribution in [2.24, 2.45) is 0 Å². The molecule has 0 rings (SSSR count). The second-order valence-electron chi connectivity index (χ2n) is 3.67. The molecule has 1 atom stereocenters. The summed E-state index contributed by atoms with van der Waals surface area (Å²) in [5.41, 5.74) is 3.17. The Morgan fingerprint density at radius 3 is 2.42 bits per heavy atom. The van der Waals surface area contributed by atoms with E-state index >= 15 is 0 Å². The maximum Gasteiger partial charge on any atom is 0.149 e. The van der Waals surface area contributed by atoms with E-state index in [9.17, 15) is 4.79 Å². The normalized spacial score (nSPS) is 13.0. The minimum atomic E-state index is -1.28. The van der Waals surface area contributed by atoms with Gasteiger partial charge in [-0.2, -0.15) is 0 Å². The summed E-state index contributed by atoms with van der Waals surface area (Å²) in [4.78, 5) is 10.3. The minimum absolute atomic E-state index is 0.353. The third-order valence-electron chi connectivity index (χ3n) is 1.22. The molecule has 1 unspecified atom stereocenters. The zero-order valence-electron chi connectivity index (χ0n) is 8.18. The van der Waals surface area contributed by atoms with Gasteiger partial charge in [-0.15, -0.1) is 11.5 Å². The van der Waals surface area contributed by atoms with Gasteiger partial charge in [0.15, 0.2) is 0 Å². The number of ether oxygens (including phenoxy) is 1. The molecule has 0 fully saturated rings. The van der Waals surface area contributed by atoms with Crippen LogP contribution >= 0.6 is 0 Å². The number of hydrogen-bond donors (Lipinski definition) is 0. The standard InChI is InChI=1S/C9H16O2Si/c1-11-9(8-10)6-5-7-12(2,3)4/h8-9H,6H2,1-4H3. The number of hydrogen-bond acceptors (Lipinski definition) is 2. The van der Waals surface area contributed by atoms with E-state index < -0.39 is 8.07 Å². The van der Waals surface area contributed by atoms with Crippen LogP contribution in [0.3, 0.4) is 0 Å². The predicted molar refractivity (Wildman–Crippen MR) is 52.6 cm³/mol. The molecule has 0 aliphatic rings. The molecule has 12 heavy (non-hydrogen) atoms. The average Bonchev–Trinajstić information content (AvgIpc) is 1.96. The first-order chi connectivity index (χ1) is 5.49. The van der Waals surface area contributed by atoms with Crippen molar-refractivity contribution in [2.75, 3.05) is 7.11 Å². The van der Waals surface area contributed by atoms with E-state index in [1.165, 1.54) is 7.11 Å². The molecule has 0 aromatic heterocycles. The first kappa shape index (κ1) is 11.4. The fraction of sp³-hybridized carbons (Fsp3) is 0.667. The number of aldehydes is 1. The summed E-state index contributed by atoms with van der Waals surface area (Å²) in [6.45, 7) is 6.51. The Balaban J connectivity index is 3.92. The highest BCUT2D eigenvalue weighted by Gasteiger charge is 2.08. The highest BCUT2D eigenvalue weighted by Crippen LogP contribution is 1.98. The molecule has 0 N–H and O–H groups in total. The number of methoxy groups -OCH3 is 1. The van der Waals surface area contributed by atoms with Crippen molar-refractivity contribution < 1.29 is 9.53 Å². The zero-order valence-corrected chi connectivity index (χ0v) is 9.18. The molecule has 0 aromatic carbocycles. The Labute approximate surface area is 75.3 Å². The van der Waals surface area contributed by atoms with Crippen molar-refractivity contribution in [2.45, 2.75) is 32.2 Å². The van der Waals surface area contributed by atoms with Crippen molar-refractivity contribution in [3.63, 3.8) is 0 Å². The Hall–Kier alpha value is -0.593. The maximum absolute atomic E-state index is 10.3. The van der Waals surface area contributed by atoms with Gasteiger partial charge in [-0.05, 0) is 0 Å². The van der Waals surface area contributed by atoms with Crippen molar-refractivity contribution in [3.05, 3.63) is 0 Å². The number of carbonyl (C=O) groups is 1. The highest BCUT2D eigenvalue weighted by molar-refractivity contribution is 6.83. The van der Waals surface area contributed by atoms with Crippen molar-refractivity contribution >= 4 is 14.4 Å². The van der Waals surface area contributed by atoms with Gasteiger partial charge in [0.05, 0.1) is 0 Å². The summed E-state index contributed by atoms with van der Waals surface area (Å²) in [6, 6.07) is 0. The van der Waals surface area contributed by atoms with E-state index in [0.29, 0.717) is 6.42 Å². The first-order valence-electron chi connectivity index (χ1n) is 3.97. The van der Waals surface area contributed by atoms with Crippen LogP contribution in [0, 0.1) is 11.5 Å². The molecule has 2 nitrogen and oxygen atoms in total. The third kappa shape index (κ3) is 6.14. The summed E-state index contributed by atoms with van der Waals surface area (Å²) in [5.74, 6) is 2.98. The maximum atomic E-state index is 10.3. The average molecular weight is 184 g/mol. The molecule has 0 aromatic rings. The van der Waals surface area contributed by atoms with Crippen molar-refractivity contribution in [1.29, 1.82) is 0 Å². The molecule has 0 amide bonds. The molecule has 0 bridgehead atoms. The van der Waals surface area contributed by atoms with Gasteiger partial charge >= 0.3 is 0 Å². The number of carbonyl (C=O) groups excluding carboxylic acids is 1. The fourth-order valence-electron chi connectivity index (χ4n) is 0.604. The van der Waals surface area contributed by atoms with Crippen LogP contribution in [0.5, 0.6) is 0 Å². The molecule has 0 saturated heterocycles. The summed E-state index contributed by atoms with van der Waals surface area (Å²) in [5, 5.41) is 0. The first-order valence-corrected chi connectivity index (χ1v) is 7.47. The Morgan fingerprint density at radius 1 is 1.50 bits per heavy atom. The number of rotatable bonds is 3. The van der Waals surface area contributed by atoms with E-state index in [0.717, 1.165) is 6.29 Å². The van der Waals surface area contributed by atoms with E-state index in [-0.39, 0.29) is 6.10 Å². The van der Waals surface area contributed by atoms with Crippen molar-refractivity contribution in [3.8, 4) is 11.5 Å². The largest absolute Gasteiger partial charge is 0.373 e. The van der Waals surface area contributed by atoms with Crippen LogP contribution in [0.2, 0.25) is 19.6 Å². The van der Waals surface area contributed by atoms with E-state index in [4.69, 9.17) is 4.74 Å². The molecular weight excluding hydrogens is 168 g/mol. The summed E-state index contributed by atoms with van der Waals surface area (Å²) in [7, 11) is 0.241. The minimum Gasteiger partial charge on any atom is -0.373 e. The molecule has 3 heteroatoms. The molecule has 0 radical (unpaired) electrons. The van der Waals surface area contributed by atoms with Gasteiger partial charge in [0.2, 0.25) is 0 Å². The topological polar surface area (TPSA) is 26.3 Å². The second kappa shape index (κ2) is 5.12. The van der Waals surface area contributed by atoms with Crippen LogP contribution in [-0.4, -0.2) is 27.6 Å². The molecule has 0 heterocycles. The predicted octanol–water partition coefficient (Wildman–Crippen LogP) is 1.47. The van der Waals surface area contributed by atoms with Crippen LogP contribution in [0.1, 0.15) is 6.42 Å². The van der Waals surface area contributed by atoms with Gasteiger partial charge in [-0.3, -0.25) is 0 Å². The smallest absolute Gasteiger partial charge is 0.149 e. The highest BCUT2D eigenvalue weighted by atomic mass is 28.3. The summed E-state index contributed by atoms with van der Waals surface area (Å²) >= 11 is 0. The summed E-state index contributed by atoms with van der Waals surface area (Å²) in [6.07, 6.45) is 0.956. The van der Waals surface area contributed by atoms with Gasteiger partial charge in [-0.25, -0.2) is 0 Å².